The van der Waals surface area contributed by atoms with Gasteiger partial charge in [-0.15, -0.1) is 0 Å². The normalized spacial score (nSPS) is 10.4. The Balaban J connectivity index is 0.000000291. The van der Waals surface area contributed by atoms with Crippen molar-refractivity contribution in [1.29, 1.82) is 0 Å². The number of hydrogen-bond acceptors (Lipinski definition) is 7. The number of carboxylic acids is 1. The van der Waals surface area contributed by atoms with Gasteiger partial charge in [-0.05, 0) is 54.5 Å². The maximum atomic E-state index is 10.9. The minimum Gasteiger partial charge on any atom is -0.504 e. The monoisotopic (exact) mass is 402 g/mol. The molecule has 0 amide bonds. The number of esters is 1. The van der Waals surface area contributed by atoms with E-state index in [4.69, 9.17) is 20.1 Å². The van der Waals surface area contributed by atoms with Crippen molar-refractivity contribution < 1.29 is 39.5 Å². The number of methoxy groups -OCH3 is 1. The van der Waals surface area contributed by atoms with Crippen molar-refractivity contribution >= 4 is 24.1 Å². The number of phenols is 3. The standard InChI is InChI=1S/C11H12O4.C10H10O4/c1-2-15-11(14)6-4-8-3-5-9(12)10(13)7-8;1-14-9-6-7(2-4-8(9)11)3-5-10(12)13/h3-7,12-13H,2H2,1H3;2-6,11H,1H3,(H,12,13)/b6-4+;. The molecule has 0 aliphatic carbocycles. The van der Waals surface area contributed by atoms with Gasteiger partial charge in [-0.3, -0.25) is 0 Å². The molecule has 154 valence electrons. The van der Waals surface area contributed by atoms with E-state index in [1.807, 2.05) is 0 Å². The molecule has 2 rings (SSSR count). The predicted molar refractivity (Wildman–Crippen MR) is 107 cm³/mol. The molecular formula is C21H22O8. The SMILES string of the molecule is CCOC(=O)/C=C/c1ccc(O)c(O)c1.COc1cc(C=CC(=O)O)ccc1O. The van der Waals surface area contributed by atoms with Gasteiger partial charge in [0, 0.05) is 12.2 Å². The number of aliphatic carboxylic acids is 1. The summed E-state index contributed by atoms with van der Waals surface area (Å²) in [5.74, 6) is -1.52. The fourth-order valence-corrected chi connectivity index (χ4v) is 1.96. The third-order valence-corrected chi connectivity index (χ3v) is 3.32. The zero-order valence-corrected chi connectivity index (χ0v) is 15.9. The number of carboxylic acid groups (broad SMARTS) is 1. The first-order valence-corrected chi connectivity index (χ1v) is 8.41. The van der Waals surface area contributed by atoms with E-state index in [1.165, 1.54) is 43.5 Å². The van der Waals surface area contributed by atoms with E-state index >= 15 is 0 Å². The molecular weight excluding hydrogens is 380 g/mol. The van der Waals surface area contributed by atoms with Gasteiger partial charge in [0.1, 0.15) is 0 Å². The van der Waals surface area contributed by atoms with Crippen molar-refractivity contribution in [1.82, 2.24) is 0 Å². The summed E-state index contributed by atoms with van der Waals surface area (Å²) in [5, 5.41) is 35.8. The molecule has 8 nitrogen and oxygen atoms in total. The van der Waals surface area contributed by atoms with Crippen molar-refractivity contribution in [3.63, 3.8) is 0 Å². The molecule has 0 radical (unpaired) electrons. The van der Waals surface area contributed by atoms with Crippen LogP contribution in [-0.4, -0.2) is 46.1 Å². The second-order valence-corrected chi connectivity index (χ2v) is 5.44. The fraction of sp³-hybridized carbons (Fsp3) is 0.143. The minimum absolute atomic E-state index is 0.0278. The lowest BCUT2D eigenvalue weighted by molar-refractivity contribution is -0.137. The molecule has 0 aliphatic heterocycles. The van der Waals surface area contributed by atoms with Crippen molar-refractivity contribution in [3.05, 3.63) is 59.7 Å². The number of hydrogen-bond donors (Lipinski definition) is 4. The number of phenolic OH excluding ortho intramolecular Hbond substituents is 3. The second kappa shape index (κ2) is 11.7. The summed E-state index contributed by atoms with van der Waals surface area (Å²) in [4.78, 5) is 21.2. The van der Waals surface area contributed by atoms with Crippen molar-refractivity contribution in [2.75, 3.05) is 13.7 Å². The Hall–Kier alpha value is -3.94. The summed E-state index contributed by atoms with van der Waals surface area (Å²) in [5.41, 5.74) is 1.26. The highest BCUT2D eigenvalue weighted by Gasteiger charge is 2.01. The molecule has 0 aliphatic rings. The van der Waals surface area contributed by atoms with Gasteiger partial charge in [-0.25, -0.2) is 9.59 Å². The van der Waals surface area contributed by atoms with Crippen LogP contribution in [0.3, 0.4) is 0 Å². The van der Waals surface area contributed by atoms with Gasteiger partial charge in [-0.1, -0.05) is 12.1 Å². The Bertz CT molecular complexity index is 900. The Labute approximate surface area is 167 Å². The van der Waals surface area contributed by atoms with Crippen molar-refractivity contribution in [2.24, 2.45) is 0 Å². The Morgan fingerprint density at radius 3 is 2.03 bits per heavy atom. The zero-order chi connectivity index (χ0) is 21.8. The zero-order valence-electron chi connectivity index (χ0n) is 15.9. The van der Waals surface area contributed by atoms with Crippen LogP contribution < -0.4 is 4.74 Å². The Morgan fingerprint density at radius 2 is 1.48 bits per heavy atom. The largest absolute Gasteiger partial charge is 0.504 e. The van der Waals surface area contributed by atoms with Gasteiger partial charge in [0.15, 0.2) is 23.0 Å². The minimum atomic E-state index is -1.02. The highest BCUT2D eigenvalue weighted by atomic mass is 16.5. The third-order valence-electron chi connectivity index (χ3n) is 3.32. The van der Waals surface area contributed by atoms with Gasteiger partial charge >= 0.3 is 11.9 Å². The number of rotatable bonds is 6. The molecule has 0 fully saturated rings. The van der Waals surface area contributed by atoms with Gasteiger partial charge in [-0.2, -0.15) is 0 Å². The summed E-state index contributed by atoms with van der Waals surface area (Å²) in [6.07, 6.45) is 5.20. The second-order valence-electron chi connectivity index (χ2n) is 5.44. The van der Waals surface area contributed by atoms with Crippen LogP contribution in [0.4, 0.5) is 0 Å². The molecule has 29 heavy (non-hydrogen) atoms. The van der Waals surface area contributed by atoms with Gasteiger partial charge < -0.3 is 29.9 Å². The van der Waals surface area contributed by atoms with E-state index in [0.717, 1.165) is 6.08 Å². The van der Waals surface area contributed by atoms with Crippen LogP contribution in [-0.2, 0) is 14.3 Å². The molecule has 0 heterocycles. The van der Waals surface area contributed by atoms with Crippen LogP contribution in [0.1, 0.15) is 18.1 Å². The Morgan fingerprint density at radius 1 is 0.897 bits per heavy atom. The van der Waals surface area contributed by atoms with Crippen LogP contribution in [0.2, 0.25) is 0 Å². The van der Waals surface area contributed by atoms with Gasteiger partial charge in [0.25, 0.3) is 0 Å². The molecule has 0 unspecified atom stereocenters. The maximum Gasteiger partial charge on any atom is 0.330 e. The topological polar surface area (TPSA) is 134 Å². The van der Waals surface area contributed by atoms with E-state index in [-0.39, 0.29) is 17.2 Å². The molecule has 0 aromatic heterocycles. The number of aromatic hydroxyl groups is 3. The number of carbonyl (C=O) groups is 2. The van der Waals surface area contributed by atoms with Crippen LogP contribution in [0.5, 0.6) is 23.0 Å². The third kappa shape index (κ3) is 8.53. The lowest BCUT2D eigenvalue weighted by Crippen LogP contribution is -1.98. The lowest BCUT2D eigenvalue weighted by Gasteiger charge is -2.03. The predicted octanol–water partition coefficient (Wildman–Crippen LogP) is 3.17. The molecule has 8 heteroatoms. The molecule has 2 aromatic carbocycles. The van der Waals surface area contributed by atoms with E-state index in [0.29, 0.717) is 23.5 Å². The summed E-state index contributed by atoms with van der Waals surface area (Å²) in [6, 6.07) is 8.86. The van der Waals surface area contributed by atoms with Crippen LogP contribution in [0.15, 0.2) is 48.6 Å². The number of benzene rings is 2. The average molecular weight is 402 g/mol. The molecule has 0 saturated heterocycles. The highest BCUT2D eigenvalue weighted by Crippen LogP contribution is 2.27. The first kappa shape index (κ1) is 23.1. The molecule has 2 aromatic rings. The van der Waals surface area contributed by atoms with Gasteiger partial charge in [0.05, 0.1) is 13.7 Å². The quantitative estimate of drug-likeness (QED) is 0.329. The van der Waals surface area contributed by atoms with Crippen molar-refractivity contribution in [2.45, 2.75) is 6.92 Å². The molecule has 0 bridgehead atoms. The first-order chi connectivity index (χ1) is 13.8. The maximum absolute atomic E-state index is 10.9. The van der Waals surface area contributed by atoms with E-state index in [9.17, 15) is 14.7 Å². The molecule has 0 atom stereocenters. The number of ether oxygens (including phenoxy) is 2. The van der Waals surface area contributed by atoms with Crippen LogP contribution in [0.25, 0.3) is 12.2 Å². The van der Waals surface area contributed by atoms with Crippen LogP contribution in [0, 0.1) is 0 Å². The van der Waals surface area contributed by atoms with E-state index in [2.05, 4.69) is 4.74 Å². The van der Waals surface area contributed by atoms with E-state index in [1.54, 1.807) is 25.1 Å². The summed E-state index contributed by atoms with van der Waals surface area (Å²) >= 11 is 0. The Kier molecular flexibility index (Phi) is 9.32. The molecule has 4 N–H and O–H groups in total. The highest BCUT2D eigenvalue weighted by molar-refractivity contribution is 5.87. The lowest BCUT2D eigenvalue weighted by atomic mass is 10.2. The van der Waals surface area contributed by atoms with E-state index < -0.39 is 11.9 Å². The molecule has 0 saturated carbocycles. The summed E-state index contributed by atoms with van der Waals surface area (Å²) in [7, 11) is 1.43. The van der Waals surface area contributed by atoms with Crippen LogP contribution >= 0.6 is 0 Å². The number of carbonyl (C=O) groups excluding carboxylic acids is 1. The fourth-order valence-electron chi connectivity index (χ4n) is 1.96. The average Bonchev–Trinajstić information content (AvgIpc) is 2.69. The first-order valence-electron chi connectivity index (χ1n) is 8.41. The summed E-state index contributed by atoms with van der Waals surface area (Å²) in [6.45, 7) is 2.04. The van der Waals surface area contributed by atoms with Crippen molar-refractivity contribution in [3.8, 4) is 23.0 Å². The smallest absolute Gasteiger partial charge is 0.330 e. The van der Waals surface area contributed by atoms with Gasteiger partial charge in [0.2, 0.25) is 0 Å². The molecule has 0 spiro atoms. The summed E-state index contributed by atoms with van der Waals surface area (Å²) < 4.78 is 9.54.